The molecule has 4 rings (SSSR count). The highest BCUT2D eigenvalue weighted by molar-refractivity contribution is 5.77. The van der Waals surface area contributed by atoms with Gasteiger partial charge in [0.2, 0.25) is 0 Å². The van der Waals surface area contributed by atoms with Crippen LogP contribution in [0.5, 0.6) is 0 Å². The standard InChI is InChI=1S/C17H13F2N9/c1-17(18,19)10-23-13-5-15(21-9-14(13)27-3-2-24-26-27)28-16-12(8-25-28)4-11(6-20)7-22-16/h2-5,7-9H,10H2,1H3,(H,21,23). The molecule has 0 fully saturated rings. The number of hydrogen-bond acceptors (Lipinski definition) is 7. The third-order valence-electron chi connectivity index (χ3n) is 3.88. The van der Waals surface area contributed by atoms with Crippen LogP contribution in [0.3, 0.4) is 0 Å². The summed E-state index contributed by atoms with van der Waals surface area (Å²) in [6, 6.07) is 5.26. The Kier molecular flexibility index (Phi) is 4.15. The van der Waals surface area contributed by atoms with E-state index < -0.39 is 12.5 Å². The molecule has 1 N–H and O–H groups in total. The van der Waals surface area contributed by atoms with Gasteiger partial charge in [-0.3, -0.25) is 0 Å². The molecular weight excluding hydrogens is 368 g/mol. The average Bonchev–Trinajstić information content (AvgIpc) is 3.35. The van der Waals surface area contributed by atoms with Gasteiger partial charge in [-0.1, -0.05) is 5.21 Å². The van der Waals surface area contributed by atoms with Crippen molar-refractivity contribution in [3.63, 3.8) is 0 Å². The number of pyridine rings is 2. The number of rotatable bonds is 5. The van der Waals surface area contributed by atoms with Gasteiger partial charge >= 0.3 is 0 Å². The summed E-state index contributed by atoms with van der Waals surface area (Å²) >= 11 is 0. The summed E-state index contributed by atoms with van der Waals surface area (Å²) < 4.78 is 29.6. The Labute approximate surface area is 157 Å². The molecule has 0 aliphatic heterocycles. The van der Waals surface area contributed by atoms with Crippen molar-refractivity contribution >= 4 is 16.7 Å². The predicted octanol–water partition coefficient (Wildman–Crippen LogP) is 2.33. The van der Waals surface area contributed by atoms with Crippen molar-refractivity contribution in [3.05, 3.63) is 48.7 Å². The van der Waals surface area contributed by atoms with Crippen LogP contribution in [0.4, 0.5) is 14.5 Å². The lowest BCUT2D eigenvalue weighted by Crippen LogP contribution is -2.23. The minimum Gasteiger partial charge on any atom is -0.377 e. The van der Waals surface area contributed by atoms with Crippen molar-refractivity contribution in [3.8, 4) is 17.6 Å². The second-order valence-corrected chi connectivity index (χ2v) is 6.14. The molecule has 0 saturated carbocycles. The van der Waals surface area contributed by atoms with E-state index in [1.165, 1.54) is 28.0 Å². The topological polar surface area (TPSA) is 110 Å². The largest absolute Gasteiger partial charge is 0.377 e. The minimum atomic E-state index is -2.91. The van der Waals surface area contributed by atoms with Gasteiger partial charge in [-0.05, 0) is 6.07 Å². The van der Waals surface area contributed by atoms with Crippen LogP contribution in [0.15, 0.2) is 43.1 Å². The summed E-state index contributed by atoms with van der Waals surface area (Å²) in [5.74, 6) is -2.53. The fraction of sp³-hybridized carbons (Fsp3) is 0.176. The predicted molar refractivity (Wildman–Crippen MR) is 95.4 cm³/mol. The number of halogens is 2. The zero-order valence-corrected chi connectivity index (χ0v) is 14.6. The maximum absolute atomic E-state index is 13.4. The molecule has 4 aromatic rings. The Morgan fingerprint density at radius 3 is 2.79 bits per heavy atom. The molecular formula is C17H13F2N9. The van der Waals surface area contributed by atoms with Crippen molar-refractivity contribution in [2.45, 2.75) is 12.8 Å². The van der Waals surface area contributed by atoms with Crippen molar-refractivity contribution < 1.29 is 8.78 Å². The van der Waals surface area contributed by atoms with E-state index in [0.717, 1.165) is 6.92 Å². The van der Waals surface area contributed by atoms with Gasteiger partial charge < -0.3 is 5.32 Å². The third-order valence-corrected chi connectivity index (χ3v) is 3.88. The molecule has 0 aliphatic carbocycles. The highest BCUT2D eigenvalue weighted by atomic mass is 19.3. The Balaban J connectivity index is 1.79. The minimum absolute atomic E-state index is 0.373. The van der Waals surface area contributed by atoms with Gasteiger partial charge in [-0.25, -0.2) is 23.4 Å². The highest BCUT2D eigenvalue weighted by Crippen LogP contribution is 2.24. The van der Waals surface area contributed by atoms with Crippen molar-refractivity contribution in [1.82, 2.24) is 34.7 Å². The molecule has 4 heterocycles. The first-order valence-electron chi connectivity index (χ1n) is 8.17. The number of fused-ring (bicyclic) bond motifs is 1. The summed E-state index contributed by atoms with van der Waals surface area (Å²) in [7, 11) is 0. The molecule has 0 atom stereocenters. The van der Waals surface area contributed by atoms with Crippen LogP contribution in [-0.2, 0) is 0 Å². The number of nitrogens with zero attached hydrogens (tertiary/aromatic N) is 8. The average molecular weight is 381 g/mol. The second kappa shape index (κ2) is 6.66. The number of nitrogens with one attached hydrogen (secondary N) is 1. The quantitative estimate of drug-likeness (QED) is 0.565. The van der Waals surface area contributed by atoms with Gasteiger partial charge in [-0.2, -0.15) is 15.0 Å². The van der Waals surface area contributed by atoms with Gasteiger partial charge in [-0.15, -0.1) is 5.10 Å². The molecule has 4 aromatic heterocycles. The zero-order chi connectivity index (χ0) is 19.7. The normalized spacial score (nSPS) is 11.5. The van der Waals surface area contributed by atoms with Crippen LogP contribution in [0.2, 0.25) is 0 Å². The van der Waals surface area contributed by atoms with E-state index in [1.807, 2.05) is 6.07 Å². The van der Waals surface area contributed by atoms with E-state index in [9.17, 15) is 8.78 Å². The van der Waals surface area contributed by atoms with E-state index in [2.05, 4.69) is 30.7 Å². The van der Waals surface area contributed by atoms with E-state index in [4.69, 9.17) is 5.26 Å². The molecule has 0 radical (unpaired) electrons. The molecule has 140 valence electrons. The van der Waals surface area contributed by atoms with Crippen molar-refractivity contribution in [2.75, 3.05) is 11.9 Å². The number of alkyl halides is 2. The molecule has 28 heavy (non-hydrogen) atoms. The molecule has 11 heteroatoms. The third kappa shape index (κ3) is 3.35. The molecule has 0 unspecified atom stereocenters. The SMILES string of the molecule is CC(F)(F)CNc1cc(-n2ncc3cc(C#N)cnc32)ncc1-n1ccnn1. The lowest BCUT2D eigenvalue weighted by molar-refractivity contribution is 0.0368. The number of nitriles is 1. The van der Waals surface area contributed by atoms with E-state index in [1.54, 1.807) is 24.5 Å². The fourth-order valence-corrected chi connectivity index (χ4v) is 2.61. The molecule has 0 amide bonds. The van der Waals surface area contributed by atoms with E-state index in [-0.39, 0.29) is 0 Å². The van der Waals surface area contributed by atoms with Gasteiger partial charge in [0.1, 0.15) is 11.8 Å². The summed E-state index contributed by atoms with van der Waals surface area (Å²) in [6.45, 7) is 0.261. The lowest BCUT2D eigenvalue weighted by Gasteiger charge is -2.16. The van der Waals surface area contributed by atoms with Gasteiger partial charge in [0, 0.05) is 24.6 Å². The first-order chi connectivity index (χ1) is 13.4. The second-order valence-electron chi connectivity index (χ2n) is 6.14. The summed E-state index contributed by atoms with van der Waals surface area (Å²) in [5, 5.41) is 24.3. The zero-order valence-electron chi connectivity index (χ0n) is 14.6. The van der Waals surface area contributed by atoms with Crippen LogP contribution in [-0.4, -0.2) is 47.2 Å². The summed E-state index contributed by atoms with van der Waals surface area (Å²) in [6.07, 6.45) is 7.53. The smallest absolute Gasteiger partial charge is 0.262 e. The maximum Gasteiger partial charge on any atom is 0.262 e. The van der Waals surface area contributed by atoms with Crippen molar-refractivity contribution in [2.24, 2.45) is 0 Å². The molecule has 0 bridgehead atoms. The van der Waals surface area contributed by atoms with Gasteiger partial charge in [0.05, 0.1) is 42.6 Å². The monoisotopic (exact) mass is 381 g/mol. The number of aromatic nitrogens is 7. The number of anilines is 1. The fourth-order valence-electron chi connectivity index (χ4n) is 2.61. The van der Waals surface area contributed by atoms with Crippen LogP contribution in [0.1, 0.15) is 12.5 Å². The molecule has 0 aromatic carbocycles. The van der Waals surface area contributed by atoms with Crippen LogP contribution < -0.4 is 5.32 Å². The number of hydrogen-bond donors (Lipinski definition) is 1. The Bertz CT molecular complexity index is 1170. The van der Waals surface area contributed by atoms with E-state index >= 15 is 0 Å². The Hall–Kier alpha value is -3.94. The van der Waals surface area contributed by atoms with Crippen LogP contribution in [0.25, 0.3) is 22.5 Å². The van der Waals surface area contributed by atoms with Crippen LogP contribution >= 0.6 is 0 Å². The Morgan fingerprint density at radius 2 is 2.07 bits per heavy atom. The molecule has 0 aliphatic rings. The molecule has 0 saturated heterocycles. The summed E-state index contributed by atoms with van der Waals surface area (Å²) in [4.78, 5) is 8.60. The van der Waals surface area contributed by atoms with E-state index in [0.29, 0.717) is 33.8 Å². The summed E-state index contributed by atoms with van der Waals surface area (Å²) in [5.41, 5.74) is 1.75. The molecule has 9 nitrogen and oxygen atoms in total. The maximum atomic E-state index is 13.4. The first kappa shape index (κ1) is 17.5. The van der Waals surface area contributed by atoms with Gasteiger partial charge in [0.25, 0.3) is 5.92 Å². The lowest BCUT2D eigenvalue weighted by atomic mass is 10.2. The first-order valence-corrected chi connectivity index (χ1v) is 8.17. The van der Waals surface area contributed by atoms with Gasteiger partial charge in [0.15, 0.2) is 11.5 Å². The highest BCUT2D eigenvalue weighted by Gasteiger charge is 2.22. The van der Waals surface area contributed by atoms with Crippen molar-refractivity contribution in [1.29, 1.82) is 5.26 Å². The molecule has 0 spiro atoms. The van der Waals surface area contributed by atoms with Crippen LogP contribution in [0, 0.1) is 11.3 Å². The Morgan fingerprint density at radius 1 is 1.21 bits per heavy atom.